The van der Waals surface area contributed by atoms with E-state index in [-0.39, 0.29) is 24.2 Å². The first-order chi connectivity index (χ1) is 7.85. The van der Waals surface area contributed by atoms with Crippen LogP contribution in [0.25, 0.3) is 0 Å². The normalized spacial score (nSPS) is 13.5. The number of carbonyl (C=O) groups is 1. The molecule has 0 aliphatic rings. The molecule has 3 nitrogen and oxygen atoms in total. The standard InChI is InChI=1S/C14H29NO2/c1-6-7-8-9-10-12(2)15-13(16)11-17-14(3,4)5/h12H,6-11H2,1-5H3,(H,15,16). The number of ether oxygens (including phenoxy) is 1. The maximum Gasteiger partial charge on any atom is 0.246 e. The molecule has 1 N–H and O–H groups in total. The van der Waals surface area contributed by atoms with Crippen molar-refractivity contribution in [2.45, 2.75) is 78.4 Å². The Kier molecular flexibility index (Phi) is 8.23. The van der Waals surface area contributed by atoms with Crippen molar-refractivity contribution < 1.29 is 9.53 Å². The van der Waals surface area contributed by atoms with Crippen molar-refractivity contribution in [2.24, 2.45) is 0 Å². The molecule has 0 fully saturated rings. The smallest absolute Gasteiger partial charge is 0.246 e. The minimum absolute atomic E-state index is 0.0112. The van der Waals surface area contributed by atoms with Crippen LogP contribution in [0.3, 0.4) is 0 Å². The lowest BCUT2D eigenvalue weighted by Gasteiger charge is -2.20. The van der Waals surface area contributed by atoms with Gasteiger partial charge in [-0.05, 0) is 34.1 Å². The zero-order chi connectivity index (χ0) is 13.3. The lowest BCUT2D eigenvalue weighted by molar-refractivity contribution is -0.131. The van der Waals surface area contributed by atoms with Crippen molar-refractivity contribution in [3.05, 3.63) is 0 Å². The van der Waals surface area contributed by atoms with Crippen molar-refractivity contribution in [2.75, 3.05) is 6.61 Å². The molecule has 0 aromatic heterocycles. The predicted molar refractivity (Wildman–Crippen MR) is 72.1 cm³/mol. The second kappa shape index (κ2) is 8.51. The van der Waals surface area contributed by atoms with Crippen LogP contribution in [0.2, 0.25) is 0 Å². The minimum Gasteiger partial charge on any atom is -0.366 e. The summed E-state index contributed by atoms with van der Waals surface area (Å²) in [5.74, 6) is -0.0112. The lowest BCUT2D eigenvalue weighted by Crippen LogP contribution is -2.37. The summed E-state index contributed by atoms with van der Waals surface area (Å²) in [5, 5.41) is 2.97. The zero-order valence-electron chi connectivity index (χ0n) is 12.1. The Balaban J connectivity index is 3.59. The van der Waals surface area contributed by atoms with Gasteiger partial charge in [-0.1, -0.05) is 32.6 Å². The molecule has 0 aliphatic heterocycles. The van der Waals surface area contributed by atoms with Crippen LogP contribution in [-0.4, -0.2) is 24.2 Å². The highest BCUT2D eigenvalue weighted by Crippen LogP contribution is 2.07. The van der Waals surface area contributed by atoms with E-state index in [1.807, 2.05) is 20.8 Å². The summed E-state index contributed by atoms with van der Waals surface area (Å²) in [4.78, 5) is 11.6. The van der Waals surface area contributed by atoms with E-state index >= 15 is 0 Å². The maximum absolute atomic E-state index is 11.6. The molecule has 102 valence electrons. The molecule has 0 rings (SSSR count). The number of carbonyl (C=O) groups excluding carboxylic acids is 1. The van der Waals surface area contributed by atoms with Gasteiger partial charge in [0.05, 0.1) is 5.60 Å². The van der Waals surface area contributed by atoms with Crippen molar-refractivity contribution in [3.63, 3.8) is 0 Å². The van der Waals surface area contributed by atoms with Crippen LogP contribution in [0.15, 0.2) is 0 Å². The Bertz CT molecular complexity index is 209. The van der Waals surface area contributed by atoms with E-state index < -0.39 is 0 Å². The SMILES string of the molecule is CCCCCCC(C)NC(=O)COC(C)(C)C. The van der Waals surface area contributed by atoms with Gasteiger partial charge in [0.2, 0.25) is 5.91 Å². The fourth-order valence-corrected chi connectivity index (χ4v) is 1.55. The largest absolute Gasteiger partial charge is 0.366 e. The zero-order valence-corrected chi connectivity index (χ0v) is 12.1. The monoisotopic (exact) mass is 243 g/mol. The second-order valence-corrected chi connectivity index (χ2v) is 5.72. The molecule has 0 bridgehead atoms. The second-order valence-electron chi connectivity index (χ2n) is 5.72. The van der Waals surface area contributed by atoms with Crippen molar-refractivity contribution in [1.82, 2.24) is 5.32 Å². The fraction of sp³-hybridized carbons (Fsp3) is 0.929. The van der Waals surface area contributed by atoms with Gasteiger partial charge >= 0.3 is 0 Å². The average Bonchev–Trinajstić information content (AvgIpc) is 2.21. The molecule has 0 saturated heterocycles. The molecule has 0 spiro atoms. The topological polar surface area (TPSA) is 38.3 Å². The van der Waals surface area contributed by atoms with Crippen LogP contribution in [0, 0.1) is 0 Å². The Morgan fingerprint density at radius 1 is 1.24 bits per heavy atom. The van der Waals surface area contributed by atoms with E-state index in [9.17, 15) is 4.79 Å². The van der Waals surface area contributed by atoms with Crippen molar-refractivity contribution in [3.8, 4) is 0 Å². The molecule has 3 heteroatoms. The number of amides is 1. The molecule has 1 atom stereocenters. The molecular weight excluding hydrogens is 214 g/mol. The van der Waals surface area contributed by atoms with Gasteiger partial charge in [-0.25, -0.2) is 0 Å². The van der Waals surface area contributed by atoms with Crippen LogP contribution in [0.4, 0.5) is 0 Å². The van der Waals surface area contributed by atoms with Gasteiger partial charge in [0.1, 0.15) is 6.61 Å². The van der Waals surface area contributed by atoms with Crippen LogP contribution in [0.1, 0.15) is 66.7 Å². The third-order valence-electron chi connectivity index (χ3n) is 2.53. The summed E-state index contributed by atoms with van der Waals surface area (Å²) in [7, 11) is 0. The number of rotatable bonds is 8. The van der Waals surface area contributed by atoms with Crippen molar-refractivity contribution >= 4 is 5.91 Å². The quantitative estimate of drug-likeness (QED) is 0.664. The van der Waals surface area contributed by atoms with Crippen LogP contribution in [-0.2, 0) is 9.53 Å². The molecule has 0 heterocycles. The number of unbranched alkanes of at least 4 members (excludes halogenated alkanes) is 3. The fourth-order valence-electron chi connectivity index (χ4n) is 1.55. The summed E-state index contributed by atoms with van der Waals surface area (Å²) in [5.41, 5.74) is -0.248. The first-order valence-electron chi connectivity index (χ1n) is 6.78. The van der Waals surface area contributed by atoms with Gasteiger partial charge < -0.3 is 10.1 Å². The van der Waals surface area contributed by atoms with Crippen molar-refractivity contribution in [1.29, 1.82) is 0 Å². The van der Waals surface area contributed by atoms with Gasteiger partial charge in [0.25, 0.3) is 0 Å². The molecule has 0 saturated carbocycles. The molecule has 0 radical (unpaired) electrons. The summed E-state index contributed by atoms with van der Waals surface area (Å²) >= 11 is 0. The molecule has 17 heavy (non-hydrogen) atoms. The third kappa shape index (κ3) is 11.7. The summed E-state index contributed by atoms with van der Waals surface area (Å²) in [6.45, 7) is 10.3. The molecule has 0 aromatic rings. The highest BCUT2D eigenvalue weighted by Gasteiger charge is 2.13. The van der Waals surface area contributed by atoms with E-state index in [2.05, 4.69) is 19.2 Å². The van der Waals surface area contributed by atoms with E-state index in [0.29, 0.717) is 0 Å². The summed E-state index contributed by atoms with van der Waals surface area (Å²) in [6, 6.07) is 0.253. The van der Waals surface area contributed by atoms with Crippen LogP contribution >= 0.6 is 0 Å². The maximum atomic E-state index is 11.6. The Labute approximate surface area is 106 Å². The lowest BCUT2D eigenvalue weighted by atomic mass is 10.1. The van der Waals surface area contributed by atoms with Crippen LogP contribution < -0.4 is 5.32 Å². The summed E-state index contributed by atoms with van der Waals surface area (Å²) in [6.07, 6.45) is 6.04. The Morgan fingerprint density at radius 3 is 2.41 bits per heavy atom. The number of hydrogen-bond acceptors (Lipinski definition) is 2. The Hall–Kier alpha value is -0.570. The Morgan fingerprint density at radius 2 is 1.88 bits per heavy atom. The van der Waals surface area contributed by atoms with E-state index in [0.717, 1.165) is 6.42 Å². The summed E-state index contributed by atoms with van der Waals surface area (Å²) < 4.78 is 5.42. The van der Waals surface area contributed by atoms with E-state index in [4.69, 9.17) is 4.74 Å². The highest BCUT2D eigenvalue weighted by atomic mass is 16.5. The molecule has 0 aromatic carbocycles. The predicted octanol–water partition coefficient (Wildman–Crippen LogP) is 3.28. The van der Waals surface area contributed by atoms with Gasteiger partial charge in [-0.2, -0.15) is 0 Å². The van der Waals surface area contributed by atoms with Crippen LogP contribution in [0.5, 0.6) is 0 Å². The van der Waals surface area contributed by atoms with E-state index in [1.54, 1.807) is 0 Å². The van der Waals surface area contributed by atoms with Gasteiger partial charge in [-0.15, -0.1) is 0 Å². The van der Waals surface area contributed by atoms with Gasteiger partial charge in [0, 0.05) is 6.04 Å². The van der Waals surface area contributed by atoms with E-state index in [1.165, 1.54) is 25.7 Å². The third-order valence-corrected chi connectivity index (χ3v) is 2.53. The molecule has 0 aliphatic carbocycles. The average molecular weight is 243 g/mol. The minimum atomic E-state index is -0.248. The number of nitrogens with one attached hydrogen (secondary N) is 1. The molecule has 1 unspecified atom stereocenters. The van der Waals surface area contributed by atoms with Gasteiger partial charge in [-0.3, -0.25) is 4.79 Å². The first kappa shape index (κ1) is 16.4. The first-order valence-corrected chi connectivity index (χ1v) is 6.78. The molecule has 1 amide bonds. The number of hydrogen-bond donors (Lipinski definition) is 1. The highest BCUT2D eigenvalue weighted by molar-refractivity contribution is 5.77. The molecular formula is C14H29NO2. The van der Waals surface area contributed by atoms with Gasteiger partial charge in [0.15, 0.2) is 0 Å².